The zero-order valence-corrected chi connectivity index (χ0v) is 7.73. The van der Waals surface area contributed by atoms with Crippen LogP contribution in [0.3, 0.4) is 0 Å². The fraction of sp³-hybridized carbons (Fsp3) is 0.500. The first-order valence-corrected chi connectivity index (χ1v) is 3.92. The van der Waals surface area contributed by atoms with Crippen LogP contribution in [0.5, 0.6) is 0 Å². The standard InChI is InChI=1S/C8H13N3O2/c1-12-8(13-2)6-11-7-5-9-3-4-10-7/h3-5,8H,6H2,1-2H3,(H,10,11). The summed E-state index contributed by atoms with van der Waals surface area (Å²) in [5.41, 5.74) is 0. The number of nitrogens with zero attached hydrogens (tertiary/aromatic N) is 2. The quantitative estimate of drug-likeness (QED) is 0.674. The number of aromatic nitrogens is 2. The molecule has 0 fully saturated rings. The zero-order chi connectivity index (χ0) is 9.52. The van der Waals surface area contributed by atoms with Gasteiger partial charge in [0.2, 0.25) is 0 Å². The summed E-state index contributed by atoms with van der Waals surface area (Å²) < 4.78 is 9.98. The van der Waals surface area contributed by atoms with Crippen molar-refractivity contribution in [3.63, 3.8) is 0 Å². The normalized spacial score (nSPS) is 10.4. The maximum Gasteiger partial charge on any atom is 0.173 e. The molecule has 0 unspecified atom stereocenters. The molecule has 0 aromatic carbocycles. The lowest BCUT2D eigenvalue weighted by atomic mass is 10.5. The van der Waals surface area contributed by atoms with E-state index in [4.69, 9.17) is 9.47 Å². The summed E-state index contributed by atoms with van der Waals surface area (Å²) in [6, 6.07) is 0. The lowest BCUT2D eigenvalue weighted by Crippen LogP contribution is -2.23. The second-order valence-corrected chi connectivity index (χ2v) is 2.37. The van der Waals surface area contributed by atoms with Crippen molar-refractivity contribution < 1.29 is 9.47 Å². The summed E-state index contributed by atoms with van der Waals surface area (Å²) in [5.74, 6) is 0.710. The van der Waals surface area contributed by atoms with Crippen LogP contribution in [0.4, 0.5) is 5.82 Å². The molecule has 72 valence electrons. The summed E-state index contributed by atoms with van der Waals surface area (Å²) in [6.07, 6.45) is 4.62. The van der Waals surface area contributed by atoms with Crippen LogP contribution in [0.25, 0.3) is 0 Å². The van der Waals surface area contributed by atoms with E-state index in [9.17, 15) is 0 Å². The minimum atomic E-state index is -0.262. The fourth-order valence-corrected chi connectivity index (χ4v) is 0.841. The van der Waals surface area contributed by atoms with E-state index < -0.39 is 0 Å². The van der Waals surface area contributed by atoms with E-state index in [0.717, 1.165) is 0 Å². The molecule has 1 aromatic heterocycles. The van der Waals surface area contributed by atoms with Gasteiger partial charge in [-0.1, -0.05) is 0 Å². The second kappa shape index (κ2) is 5.45. The number of rotatable bonds is 5. The highest BCUT2D eigenvalue weighted by atomic mass is 16.7. The molecular weight excluding hydrogens is 170 g/mol. The second-order valence-electron chi connectivity index (χ2n) is 2.37. The maximum absolute atomic E-state index is 4.99. The summed E-state index contributed by atoms with van der Waals surface area (Å²) in [6.45, 7) is 0.547. The predicted molar refractivity (Wildman–Crippen MR) is 48.3 cm³/mol. The highest BCUT2D eigenvalue weighted by Crippen LogP contribution is 1.98. The van der Waals surface area contributed by atoms with Crippen LogP contribution in [0, 0.1) is 0 Å². The van der Waals surface area contributed by atoms with Crippen molar-refractivity contribution in [2.45, 2.75) is 6.29 Å². The molecule has 1 heterocycles. The van der Waals surface area contributed by atoms with E-state index in [1.165, 1.54) is 0 Å². The Hall–Kier alpha value is -1.20. The lowest BCUT2D eigenvalue weighted by molar-refractivity contribution is -0.0914. The molecule has 0 aliphatic rings. The molecule has 0 aliphatic heterocycles. The van der Waals surface area contributed by atoms with Crippen molar-refractivity contribution in [1.29, 1.82) is 0 Å². The molecule has 0 atom stereocenters. The topological polar surface area (TPSA) is 56.3 Å². The van der Waals surface area contributed by atoms with Gasteiger partial charge in [-0.25, -0.2) is 4.98 Å². The predicted octanol–water partition coefficient (Wildman–Crippen LogP) is 0.507. The summed E-state index contributed by atoms with van der Waals surface area (Å²) >= 11 is 0. The highest BCUT2D eigenvalue weighted by molar-refractivity contribution is 5.29. The van der Waals surface area contributed by atoms with E-state index in [-0.39, 0.29) is 6.29 Å². The first kappa shape index (κ1) is 9.88. The van der Waals surface area contributed by atoms with Crippen LogP contribution in [-0.4, -0.2) is 37.0 Å². The first-order valence-electron chi connectivity index (χ1n) is 3.92. The monoisotopic (exact) mass is 183 g/mol. The fourth-order valence-electron chi connectivity index (χ4n) is 0.841. The van der Waals surface area contributed by atoms with Crippen molar-refractivity contribution in [1.82, 2.24) is 9.97 Å². The van der Waals surface area contributed by atoms with E-state index in [1.54, 1.807) is 32.8 Å². The Kier molecular flexibility index (Phi) is 4.14. The van der Waals surface area contributed by atoms with Gasteiger partial charge in [-0.15, -0.1) is 0 Å². The number of ether oxygens (including phenoxy) is 2. The van der Waals surface area contributed by atoms with Crippen molar-refractivity contribution in [3.8, 4) is 0 Å². The van der Waals surface area contributed by atoms with Crippen LogP contribution in [0.15, 0.2) is 18.6 Å². The van der Waals surface area contributed by atoms with Gasteiger partial charge in [0.1, 0.15) is 5.82 Å². The van der Waals surface area contributed by atoms with Crippen LogP contribution in [0.2, 0.25) is 0 Å². The molecule has 1 aromatic rings. The van der Waals surface area contributed by atoms with Gasteiger partial charge in [0.05, 0.1) is 12.7 Å². The molecule has 0 saturated carbocycles. The van der Waals surface area contributed by atoms with E-state index in [2.05, 4.69) is 15.3 Å². The summed E-state index contributed by atoms with van der Waals surface area (Å²) in [7, 11) is 3.18. The molecular formula is C8H13N3O2. The third kappa shape index (κ3) is 3.35. The lowest BCUT2D eigenvalue weighted by Gasteiger charge is -2.13. The third-order valence-corrected chi connectivity index (χ3v) is 1.54. The largest absolute Gasteiger partial charge is 0.364 e. The van der Waals surface area contributed by atoms with Gasteiger partial charge < -0.3 is 14.8 Å². The van der Waals surface area contributed by atoms with Gasteiger partial charge >= 0.3 is 0 Å². The molecule has 0 aliphatic carbocycles. The summed E-state index contributed by atoms with van der Waals surface area (Å²) in [4.78, 5) is 7.94. The van der Waals surface area contributed by atoms with Crippen LogP contribution >= 0.6 is 0 Å². The Balaban J connectivity index is 2.34. The van der Waals surface area contributed by atoms with Gasteiger partial charge in [-0.3, -0.25) is 4.98 Å². The molecule has 0 radical (unpaired) electrons. The SMILES string of the molecule is COC(CNc1cnccn1)OC. The van der Waals surface area contributed by atoms with Gasteiger partial charge in [0.25, 0.3) is 0 Å². The third-order valence-electron chi connectivity index (χ3n) is 1.54. The van der Waals surface area contributed by atoms with E-state index in [0.29, 0.717) is 12.4 Å². The minimum absolute atomic E-state index is 0.262. The number of hydrogen-bond acceptors (Lipinski definition) is 5. The Morgan fingerprint density at radius 1 is 1.38 bits per heavy atom. The average Bonchev–Trinajstić information content (AvgIpc) is 2.21. The van der Waals surface area contributed by atoms with Gasteiger partial charge in [-0.2, -0.15) is 0 Å². The molecule has 1 N–H and O–H groups in total. The van der Waals surface area contributed by atoms with Crippen LogP contribution in [0.1, 0.15) is 0 Å². The van der Waals surface area contributed by atoms with Crippen LogP contribution < -0.4 is 5.32 Å². The number of methoxy groups -OCH3 is 2. The smallest absolute Gasteiger partial charge is 0.173 e. The van der Waals surface area contributed by atoms with Crippen molar-refractivity contribution >= 4 is 5.82 Å². The Morgan fingerprint density at radius 2 is 2.15 bits per heavy atom. The van der Waals surface area contributed by atoms with Crippen molar-refractivity contribution in [2.24, 2.45) is 0 Å². The van der Waals surface area contributed by atoms with Gasteiger partial charge in [-0.05, 0) is 0 Å². The average molecular weight is 183 g/mol. The van der Waals surface area contributed by atoms with Crippen molar-refractivity contribution in [2.75, 3.05) is 26.1 Å². The van der Waals surface area contributed by atoms with Crippen molar-refractivity contribution in [3.05, 3.63) is 18.6 Å². The van der Waals surface area contributed by atoms with Crippen LogP contribution in [-0.2, 0) is 9.47 Å². The maximum atomic E-state index is 4.99. The molecule has 5 heteroatoms. The molecule has 0 spiro atoms. The number of nitrogens with one attached hydrogen (secondary N) is 1. The Morgan fingerprint density at radius 3 is 2.69 bits per heavy atom. The Labute approximate surface area is 77.1 Å². The molecule has 13 heavy (non-hydrogen) atoms. The molecule has 5 nitrogen and oxygen atoms in total. The Bertz CT molecular complexity index is 226. The number of hydrogen-bond donors (Lipinski definition) is 1. The minimum Gasteiger partial charge on any atom is -0.364 e. The molecule has 0 amide bonds. The molecule has 0 bridgehead atoms. The van der Waals surface area contributed by atoms with Gasteiger partial charge in [0, 0.05) is 26.6 Å². The van der Waals surface area contributed by atoms with E-state index in [1.807, 2.05) is 0 Å². The first-order chi connectivity index (χ1) is 6.36. The number of anilines is 1. The van der Waals surface area contributed by atoms with Gasteiger partial charge in [0.15, 0.2) is 6.29 Å². The summed E-state index contributed by atoms with van der Waals surface area (Å²) in [5, 5.41) is 3.02. The highest BCUT2D eigenvalue weighted by Gasteiger charge is 2.03. The van der Waals surface area contributed by atoms with E-state index >= 15 is 0 Å². The molecule has 1 rings (SSSR count). The zero-order valence-electron chi connectivity index (χ0n) is 7.73. The molecule has 0 saturated heterocycles.